The van der Waals surface area contributed by atoms with Crippen LogP contribution in [0.2, 0.25) is 0 Å². The van der Waals surface area contributed by atoms with Crippen molar-refractivity contribution in [2.24, 2.45) is 5.73 Å². The van der Waals surface area contributed by atoms with Crippen LogP contribution >= 0.6 is 11.3 Å². The molecule has 30 heavy (non-hydrogen) atoms. The minimum Gasteiger partial charge on any atom is -0.484 e. The molecule has 0 radical (unpaired) electrons. The first kappa shape index (κ1) is 21.3. The average molecular weight is 446 g/mol. The molecule has 2 amide bonds. The lowest BCUT2D eigenvalue weighted by Crippen LogP contribution is -2.20. The summed E-state index contributed by atoms with van der Waals surface area (Å²) in [4.78, 5) is 23.4. The van der Waals surface area contributed by atoms with Crippen LogP contribution in [0.4, 0.5) is 11.4 Å². The van der Waals surface area contributed by atoms with Crippen LogP contribution in [0.25, 0.3) is 0 Å². The molecule has 1 aromatic heterocycles. The van der Waals surface area contributed by atoms with Gasteiger partial charge in [-0.3, -0.25) is 14.3 Å². The van der Waals surface area contributed by atoms with E-state index in [0.717, 1.165) is 16.9 Å². The number of sulfonamides is 1. The molecule has 8 nitrogen and oxygen atoms in total. The third-order valence-corrected chi connectivity index (χ3v) is 6.39. The van der Waals surface area contributed by atoms with E-state index in [1.807, 2.05) is 6.92 Å². The van der Waals surface area contributed by atoms with Gasteiger partial charge in [0.25, 0.3) is 21.8 Å². The monoisotopic (exact) mass is 445 g/mol. The number of nitrogens with one attached hydrogen (secondary N) is 2. The van der Waals surface area contributed by atoms with Crippen LogP contribution < -0.4 is 20.5 Å². The Morgan fingerprint density at radius 2 is 1.63 bits per heavy atom. The van der Waals surface area contributed by atoms with E-state index in [4.69, 9.17) is 10.5 Å². The number of amides is 2. The van der Waals surface area contributed by atoms with Crippen LogP contribution in [0.5, 0.6) is 5.75 Å². The lowest BCUT2D eigenvalue weighted by atomic mass is 10.2. The molecule has 3 aromatic rings. The molecule has 10 heteroatoms. The Morgan fingerprint density at radius 3 is 2.27 bits per heavy atom. The highest BCUT2D eigenvalue weighted by Gasteiger charge is 2.24. The molecule has 0 aliphatic heterocycles. The van der Waals surface area contributed by atoms with Crippen molar-refractivity contribution < 1.29 is 22.7 Å². The van der Waals surface area contributed by atoms with Crippen molar-refractivity contribution in [2.75, 3.05) is 16.6 Å². The number of ether oxygens (including phenoxy) is 1. The molecule has 0 bridgehead atoms. The second-order valence-corrected chi connectivity index (χ2v) is 8.89. The lowest BCUT2D eigenvalue weighted by Gasteiger charge is -2.10. The third kappa shape index (κ3) is 5.37. The van der Waals surface area contributed by atoms with E-state index in [-0.39, 0.29) is 16.4 Å². The van der Waals surface area contributed by atoms with E-state index < -0.39 is 21.8 Å². The normalized spacial score (nSPS) is 11.0. The van der Waals surface area contributed by atoms with E-state index in [0.29, 0.717) is 17.1 Å². The molecule has 0 saturated carbocycles. The number of rotatable bonds is 8. The van der Waals surface area contributed by atoms with Crippen LogP contribution in [0.3, 0.4) is 0 Å². The van der Waals surface area contributed by atoms with E-state index >= 15 is 0 Å². The van der Waals surface area contributed by atoms with Crippen LogP contribution in [0.15, 0.2) is 64.9 Å². The largest absolute Gasteiger partial charge is 0.484 e. The minimum absolute atomic E-state index is 0.0590. The van der Waals surface area contributed by atoms with Gasteiger partial charge in [0, 0.05) is 11.4 Å². The molecule has 4 N–H and O–H groups in total. The predicted molar refractivity (Wildman–Crippen MR) is 115 cm³/mol. The molecule has 0 aliphatic rings. The number of carbonyl (C=O) groups is 2. The Balaban J connectivity index is 1.73. The van der Waals surface area contributed by atoms with Crippen molar-refractivity contribution >= 4 is 44.5 Å². The van der Waals surface area contributed by atoms with Crippen molar-refractivity contribution in [2.45, 2.75) is 11.8 Å². The number of thiophene rings is 1. The Bertz CT molecular complexity index is 1150. The highest BCUT2D eigenvalue weighted by atomic mass is 32.2. The maximum atomic E-state index is 12.8. The summed E-state index contributed by atoms with van der Waals surface area (Å²) >= 11 is 1.02. The fourth-order valence-electron chi connectivity index (χ4n) is 2.48. The summed E-state index contributed by atoms with van der Waals surface area (Å²) in [7, 11) is -3.94. The van der Waals surface area contributed by atoms with Crippen molar-refractivity contribution in [3.63, 3.8) is 0 Å². The number of nitrogens with two attached hydrogens (primary N) is 1. The quantitative estimate of drug-likeness (QED) is 0.491. The van der Waals surface area contributed by atoms with Gasteiger partial charge in [-0.25, -0.2) is 8.42 Å². The van der Waals surface area contributed by atoms with Gasteiger partial charge in [-0.2, -0.15) is 0 Å². The molecule has 0 atom stereocenters. The summed E-state index contributed by atoms with van der Waals surface area (Å²) in [5.74, 6) is -0.744. The smallest absolute Gasteiger partial charge is 0.267 e. The maximum absolute atomic E-state index is 12.8. The number of benzene rings is 2. The highest BCUT2D eigenvalue weighted by molar-refractivity contribution is 7.93. The number of hydrogen-bond donors (Lipinski definition) is 3. The van der Waals surface area contributed by atoms with Gasteiger partial charge >= 0.3 is 0 Å². The summed E-state index contributed by atoms with van der Waals surface area (Å²) in [6.07, 6.45) is 0. The van der Waals surface area contributed by atoms with Crippen molar-refractivity contribution in [1.82, 2.24) is 0 Å². The zero-order valence-corrected chi connectivity index (χ0v) is 17.5. The molecular weight excluding hydrogens is 426 g/mol. The van der Waals surface area contributed by atoms with Crippen molar-refractivity contribution in [3.05, 3.63) is 70.4 Å². The Labute approximate surface area is 177 Å². The van der Waals surface area contributed by atoms with Gasteiger partial charge in [0.1, 0.15) is 15.5 Å². The molecule has 0 saturated heterocycles. The predicted octanol–water partition coefficient (Wildman–Crippen LogP) is 2.97. The van der Waals surface area contributed by atoms with Gasteiger partial charge in [0.15, 0.2) is 6.61 Å². The van der Waals surface area contributed by atoms with E-state index in [1.165, 1.54) is 6.07 Å². The summed E-state index contributed by atoms with van der Waals surface area (Å²) in [5.41, 5.74) is 6.87. The summed E-state index contributed by atoms with van der Waals surface area (Å²) in [6.45, 7) is 1.64. The van der Waals surface area contributed by atoms with Crippen molar-refractivity contribution in [3.8, 4) is 5.75 Å². The number of anilines is 2. The summed E-state index contributed by atoms with van der Waals surface area (Å²) < 4.78 is 33.2. The molecule has 156 valence electrons. The molecule has 2 aromatic carbocycles. The van der Waals surface area contributed by atoms with Crippen LogP contribution in [0.1, 0.15) is 15.2 Å². The molecule has 0 unspecified atom stereocenters. The standard InChI is InChI=1S/C20H19N3O5S2/c1-13-2-4-15(5-3-13)23-30(26,27)17-10-11-29-19(17)20(25)22-14-6-8-16(9-7-14)28-12-18(21)24/h2-11,23H,12H2,1H3,(H2,21,24)(H,22,25). The first-order chi connectivity index (χ1) is 14.2. The van der Waals surface area contributed by atoms with E-state index in [2.05, 4.69) is 10.0 Å². The highest BCUT2D eigenvalue weighted by Crippen LogP contribution is 2.26. The average Bonchev–Trinajstić information content (AvgIpc) is 3.20. The first-order valence-corrected chi connectivity index (χ1v) is 11.1. The van der Waals surface area contributed by atoms with Crippen LogP contribution in [-0.4, -0.2) is 26.8 Å². The number of carbonyl (C=O) groups excluding carboxylic acids is 2. The molecule has 3 rings (SSSR count). The fourth-order valence-corrected chi connectivity index (χ4v) is 4.87. The van der Waals surface area contributed by atoms with Crippen LogP contribution in [-0.2, 0) is 14.8 Å². The fraction of sp³-hybridized carbons (Fsp3) is 0.100. The second-order valence-electron chi connectivity index (χ2n) is 6.32. The van der Waals surface area contributed by atoms with Crippen LogP contribution in [0, 0.1) is 6.92 Å². The zero-order valence-electron chi connectivity index (χ0n) is 15.9. The summed E-state index contributed by atoms with van der Waals surface area (Å²) in [6, 6.07) is 14.5. The zero-order chi connectivity index (χ0) is 21.7. The summed E-state index contributed by atoms with van der Waals surface area (Å²) in [5, 5.41) is 4.19. The minimum atomic E-state index is -3.94. The molecule has 0 fully saturated rings. The third-order valence-electron chi connectivity index (χ3n) is 3.92. The number of aryl methyl sites for hydroxylation is 1. The molecular formula is C20H19N3O5S2. The van der Waals surface area contributed by atoms with Gasteiger partial charge < -0.3 is 15.8 Å². The SMILES string of the molecule is Cc1ccc(NS(=O)(=O)c2ccsc2C(=O)Nc2ccc(OCC(N)=O)cc2)cc1. The topological polar surface area (TPSA) is 128 Å². The first-order valence-electron chi connectivity index (χ1n) is 8.74. The molecule has 0 aliphatic carbocycles. The molecule has 0 spiro atoms. The Hall–Kier alpha value is -3.37. The number of hydrogen-bond acceptors (Lipinski definition) is 6. The molecule has 1 heterocycles. The van der Waals surface area contributed by atoms with Gasteiger partial charge in [-0.15, -0.1) is 11.3 Å². The van der Waals surface area contributed by atoms with Gasteiger partial charge in [0.05, 0.1) is 0 Å². The van der Waals surface area contributed by atoms with E-state index in [1.54, 1.807) is 53.9 Å². The van der Waals surface area contributed by atoms with Gasteiger partial charge in [-0.1, -0.05) is 17.7 Å². The number of primary amides is 1. The Morgan fingerprint density at radius 1 is 1.00 bits per heavy atom. The maximum Gasteiger partial charge on any atom is 0.267 e. The van der Waals surface area contributed by atoms with Crippen molar-refractivity contribution in [1.29, 1.82) is 0 Å². The van der Waals surface area contributed by atoms with Gasteiger partial charge in [0.2, 0.25) is 0 Å². The lowest BCUT2D eigenvalue weighted by molar-refractivity contribution is -0.119. The van der Waals surface area contributed by atoms with Gasteiger partial charge in [-0.05, 0) is 54.8 Å². The Kier molecular flexibility index (Phi) is 6.38. The second kappa shape index (κ2) is 8.97. The van der Waals surface area contributed by atoms with E-state index in [9.17, 15) is 18.0 Å².